The molecule has 6 nitrogen and oxygen atoms in total. The number of hydrogen-bond acceptors (Lipinski definition) is 5. The second kappa shape index (κ2) is 6.04. The molecule has 3 aromatic rings. The number of methoxy groups -OCH3 is 1. The van der Waals surface area contributed by atoms with Crippen molar-refractivity contribution < 1.29 is 31.1 Å². The minimum atomic E-state index is -4.71. The summed E-state index contributed by atoms with van der Waals surface area (Å²) in [7, 11) is 1.22. The van der Waals surface area contributed by atoms with Crippen molar-refractivity contribution in [2.24, 2.45) is 0 Å². The van der Waals surface area contributed by atoms with E-state index < -0.39 is 23.7 Å². The SMILES string of the molecule is COc1nc2[nH]c(C(F)(F)F)nc2nc1Nc1ccc(C(F)(F)F)cc1. The number of rotatable bonds is 3. The van der Waals surface area contributed by atoms with Crippen LogP contribution in [0.4, 0.5) is 37.8 Å². The second-order valence-corrected chi connectivity index (χ2v) is 5.04. The summed E-state index contributed by atoms with van der Waals surface area (Å²) < 4.78 is 80.8. The molecule has 1 aromatic carbocycles. The molecule has 138 valence electrons. The lowest BCUT2D eigenvalue weighted by molar-refractivity contribution is -0.144. The molecule has 0 fully saturated rings. The lowest BCUT2D eigenvalue weighted by atomic mass is 10.2. The zero-order valence-corrected chi connectivity index (χ0v) is 12.8. The van der Waals surface area contributed by atoms with E-state index in [9.17, 15) is 26.3 Å². The van der Waals surface area contributed by atoms with Gasteiger partial charge in [0.15, 0.2) is 17.1 Å². The minimum absolute atomic E-state index is 0.0972. The van der Waals surface area contributed by atoms with Gasteiger partial charge in [0.05, 0.1) is 12.7 Å². The van der Waals surface area contributed by atoms with Gasteiger partial charge >= 0.3 is 12.4 Å². The molecule has 0 radical (unpaired) electrons. The summed E-state index contributed by atoms with van der Waals surface area (Å²) in [5, 5.41) is 2.64. The first-order valence-corrected chi connectivity index (χ1v) is 6.91. The van der Waals surface area contributed by atoms with Crippen LogP contribution in [0.25, 0.3) is 11.3 Å². The first-order valence-electron chi connectivity index (χ1n) is 6.91. The number of hydrogen-bond donors (Lipinski definition) is 2. The summed E-state index contributed by atoms with van der Waals surface area (Å²) in [4.78, 5) is 13.0. The zero-order chi connectivity index (χ0) is 19.1. The molecule has 2 aromatic heterocycles. The summed E-state index contributed by atoms with van der Waals surface area (Å²) in [5.74, 6) is -1.53. The Bertz CT molecular complexity index is 932. The number of alkyl halides is 6. The van der Waals surface area contributed by atoms with Crippen molar-refractivity contribution in [2.45, 2.75) is 12.4 Å². The van der Waals surface area contributed by atoms with Crippen molar-refractivity contribution in [3.63, 3.8) is 0 Å². The highest BCUT2D eigenvalue weighted by Gasteiger charge is 2.35. The summed E-state index contributed by atoms with van der Waals surface area (Å²) in [6, 6.07) is 3.97. The van der Waals surface area contributed by atoms with E-state index in [4.69, 9.17) is 4.74 Å². The Labute approximate surface area is 141 Å². The maximum absolute atomic E-state index is 12.7. The molecule has 12 heteroatoms. The molecule has 3 rings (SSSR count). The van der Waals surface area contributed by atoms with Crippen molar-refractivity contribution >= 4 is 22.8 Å². The van der Waals surface area contributed by atoms with E-state index in [2.05, 4.69) is 20.3 Å². The van der Waals surface area contributed by atoms with E-state index >= 15 is 0 Å². The molecular weight excluding hydrogens is 368 g/mol. The van der Waals surface area contributed by atoms with Crippen LogP contribution < -0.4 is 10.1 Å². The van der Waals surface area contributed by atoms with Gasteiger partial charge in [-0.15, -0.1) is 0 Å². The molecule has 0 aliphatic rings. The van der Waals surface area contributed by atoms with Crippen LogP contribution in [-0.4, -0.2) is 27.0 Å². The van der Waals surface area contributed by atoms with E-state index in [1.165, 1.54) is 7.11 Å². The molecule has 0 aliphatic heterocycles. The van der Waals surface area contributed by atoms with Crippen LogP contribution in [0.2, 0.25) is 0 Å². The highest BCUT2D eigenvalue weighted by Crippen LogP contribution is 2.32. The van der Waals surface area contributed by atoms with Gasteiger partial charge in [0, 0.05) is 5.69 Å². The predicted molar refractivity (Wildman–Crippen MR) is 78.0 cm³/mol. The minimum Gasteiger partial charge on any atom is -0.478 e. The Morgan fingerprint density at radius 1 is 0.923 bits per heavy atom. The van der Waals surface area contributed by atoms with E-state index in [0.717, 1.165) is 24.3 Å². The van der Waals surface area contributed by atoms with Gasteiger partial charge < -0.3 is 15.0 Å². The van der Waals surface area contributed by atoms with Crippen LogP contribution in [0, 0.1) is 0 Å². The van der Waals surface area contributed by atoms with Crippen molar-refractivity contribution in [3.05, 3.63) is 35.7 Å². The van der Waals surface area contributed by atoms with Crippen LogP contribution in [0.15, 0.2) is 24.3 Å². The Balaban J connectivity index is 1.96. The Morgan fingerprint density at radius 3 is 2.12 bits per heavy atom. The fraction of sp³-hybridized carbons (Fsp3) is 0.214. The number of fused-ring (bicyclic) bond motifs is 1. The number of anilines is 2. The van der Waals surface area contributed by atoms with Gasteiger partial charge in [-0.3, -0.25) is 0 Å². The van der Waals surface area contributed by atoms with Gasteiger partial charge in [-0.2, -0.15) is 31.3 Å². The fourth-order valence-corrected chi connectivity index (χ4v) is 2.06. The van der Waals surface area contributed by atoms with Gasteiger partial charge in [-0.1, -0.05) is 0 Å². The predicted octanol–water partition coefficient (Wildman–Crippen LogP) is 4.14. The van der Waals surface area contributed by atoms with Crippen molar-refractivity contribution in [3.8, 4) is 5.88 Å². The Kier molecular flexibility index (Phi) is 4.12. The number of H-pyrrole nitrogens is 1. The molecule has 2 N–H and O–H groups in total. The maximum Gasteiger partial charge on any atom is 0.449 e. The Hall–Kier alpha value is -3.05. The summed E-state index contributed by atoms with van der Waals surface area (Å²) in [5.41, 5.74) is -1.21. The number of nitrogens with one attached hydrogen (secondary N) is 2. The quantitative estimate of drug-likeness (QED) is 0.671. The molecule has 0 saturated heterocycles. The molecule has 0 amide bonds. The standard InChI is InChI=1S/C14H9F6N5O/c1-26-11-10(21-7-4-2-6(3-5-7)13(15,16)17)22-8-9(23-11)25-12(24-8)14(18,19)20/h2-5H,1H3,(H2,21,22,23,24,25). The van der Waals surface area contributed by atoms with Crippen molar-refractivity contribution in [1.82, 2.24) is 19.9 Å². The van der Waals surface area contributed by atoms with E-state index in [-0.39, 0.29) is 28.7 Å². The van der Waals surface area contributed by atoms with Crippen molar-refractivity contribution in [2.75, 3.05) is 12.4 Å². The molecule has 0 aliphatic carbocycles. The second-order valence-electron chi connectivity index (χ2n) is 5.04. The maximum atomic E-state index is 12.7. The zero-order valence-electron chi connectivity index (χ0n) is 12.8. The fourth-order valence-electron chi connectivity index (χ4n) is 2.06. The lowest BCUT2D eigenvalue weighted by Crippen LogP contribution is -2.06. The highest BCUT2D eigenvalue weighted by atomic mass is 19.4. The molecule has 0 atom stereocenters. The first kappa shape index (κ1) is 17.8. The number of aromatic nitrogens is 4. The topological polar surface area (TPSA) is 75.7 Å². The third kappa shape index (κ3) is 3.48. The first-order chi connectivity index (χ1) is 12.1. The van der Waals surface area contributed by atoms with Crippen LogP contribution >= 0.6 is 0 Å². The van der Waals surface area contributed by atoms with Crippen molar-refractivity contribution in [1.29, 1.82) is 0 Å². The number of benzene rings is 1. The number of imidazole rings is 1. The number of ether oxygens (including phenoxy) is 1. The van der Waals surface area contributed by atoms with Crippen LogP contribution in [0.5, 0.6) is 5.88 Å². The third-order valence-corrected chi connectivity index (χ3v) is 3.24. The highest BCUT2D eigenvalue weighted by molar-refractivity contribution is 5.72. The smallest absolute Gasteiger partial charge is 0.449 e. The van der Waals surface area contributed by atoms with Crippen LogP contribution in [0.3, 0.4) is 0 Å². The monoisotopic (exact) mass is 377 g/mol. The van der Waals surface area contributed by atoms with E-state index in [1.807, 2.05) is 4.98 Å². The molecular formula is C14H9F6N5O. The summed E-state index contributed by atoms with van der Waals surface area (Å²) in [6.45, 7) is 0. The number of halogens is 6. The lowest BCUT2D eigenvalue weighted by Gasteiger charge is -2.10. The number of nitrogens with zero attached hydrogens (tertiary/aromatic N) is 3. The molecule has 0 saturated carbocycles. The van der Waals surface area contributed by atoms with E-state index in [1.54, 1.807) is 0 Å². The van der Waals surface area contributed by atoms with Crippen LogP contribution in [-0.2, 0) is 12.4 Å². The van der Waals surface area contributed by atoms with Gasteiger partial charge in [-0.05, 0) is 24.3 Å². The van der Waals surface area contributed by atoms with Gasteiger partial charge in [0.2, 0.25) is 5.82 Å². The molecule has 0 spiro atoms. The average molecular weight is 377 g/mol. The van der Waals surface area contributed by atoms with Gasteiger partial charge in [0.25, 0.3) is 5.88 Å². The molecule has 0 unspecified atom stereocenters. The molecule has 0 bridgehead atoms. The largest absolute Gasteiger partial charge is 0.478 e. The molecule has 2 heterocycles. The number of aromatic amines is 1. The third-order valence-electron chi connectivity index (χ3n) is 3.24. The van der Waals surface area contributed by atoms with Gasteiger partial charge in [-0.25, -0.2) is 9.97 Å². The Morgan fingerprint density at radius 2 is 1.58 bits per heavy atom. The normalized spacial score (nSPS) is 12.4. The summed E-state index contributed by atoms with van der Waals surface area (Å²) in [6.07, 6.45) is -9.20. The summed E-state index contributed by atoms with van der Waals surface area (Å²) >= 11 is 0. The van der Waals surface area contributed by atoms with E-state index in [0.29, 0.717) is 0 Å². The van der Waals surface area contributed by atoms with Gasteiger partial charge in [0.1, 0.15) is 0 Å². The van der Waals surface area contributed by atoms with Crippen LogP contribution in [0.1, 0.15) is 11.4 Å². The molecule has 26 heavy (non-hydrogen) atoms. The average Bonchev–Trinajstić information content (AvgIpc) is 2.97.